The van der Waals surface area contributed by atoms with Gasteiger partial charge in [0.1, 0.15) is 17.3 Å². The number of nitrogens with one attached hydrogen (secondary N) is 1. The number of methoxy groups -OCH3 is 1. The Balaban J connectivity index is 1.52. The second kappa shape index (κ2) is 9.87. The van der Waals surface area contributed by atoms with Gasteiger partial charge in [-0.3, -0.25) is 4.79 Å². The molecule has 6 nitrogen and oxygen atoms in total. The van der Waals surface area contributed by atoms with E-state index < -0.39 is 11.7 Å². The second-order valence-corrected chi connectivity index (χ2v) is 8.11. The van der Waals surface area contributed by atoms with E-state index in [-0.39, 0.29) is 23.4 Å². The van der Waals surface area contributed by atoms with Crippen LogP contribution in [0.5, 0.6) is 0 Å². The second-order valence-electron chi connectivity index (χ2n) is 8.11. The zero-order chi connectivity index (χ0) is 22.5. The van der Waals surface area contributed by atoms with Crippen LogP contribution in [-0.2, 0) is 11.3 Å². The van der Waals surface area contributed by atoms with Crippen molar-refractivity contribution in [2.45, 2.75) is 44.2 Å². The van der Waals surface area contributed by atoms with E-state index in [1.54, 1.807) is 19.4 Å². The predicted molar refractivity (Wildman–Crippen MR) is 121 cm³/mol. The molecule has 3 N–H and O–H groups in total. The van der Waals surface area contributed by atoms with Crippen molar-refractivity contribution in [3.63, 3.8) is 0 Å². The van der Waals surface area contributed by atoms with E-state index in [9.17, 15) is 9.18 Å². The SMILES string of the molecule is COC1CCCC(c2cnc(N)c(-c3ccc(C(=O)NCc4ccccc4)c(F)c3)n2)C1. The lowest BCUT2D eigenvalue weighted by Gasteiger charge is -2.27. The molecule has 1 aliphatic rings. The van der Waals surface area contributed by atoms with Crippen molar-refractivity contribution < 1.29 is 13.9 Å². The molecule has 7 heteroatoms. The molecule has 166 valence electrons. The summed E-state index contributed by atoms with van der Waals surface area (Å²) < 4.78 is 20.4. The number of ether oxygens (including phenoxy) is 1. The maximum absolute atomic E-state index is 14.8. The highest BCUT2D eigenvalue weighted by Crippen LogP contribution is 2.34. The van der Waals surface area contributed by atoms with Crippen LogP contribution in [0.25, 0.3) is 11.3 Å². The van der Waals surface area contributed by atoms with Gasteiger partial charge in [0.25, 0.3) is 5.91 Å². The molecule has 2 atom stereocenters. The van der Waals surface area contributed by atoms with Gasteiger partial charge in [-0.15, -0.1) is 0 Å². The van der Waals surface area contributed by atoms with Crippen molar-refractivity contribution in [3.8, 4) is 11.3 Å². The fourth-order valence-electron chi connectivity index (χ4n) is 4.17. The first-order valence-corrected chi connectivity index (χ1v) is 10.8. The maximum Gasteiger partial charge on any atom is 0.254 e. The zero-order valence-electron chi connectivity index (χ0n) is 18.1. The Hall–Kier alpha value is -3.32. The molecule has 0 bridgehead atoms. The third kappa shape index (κ3) is 4.94. The number of hydrogen-bond donors (Lipinski definition) is 2. The quantitative estimate of drug-likeness (QED) is 0.598. The number of carbonyl (C=O) groups is 1. The van der Waals surface area contributed by atoms with Crippen molar-refractivity contribution in [2.75, 3.05) is 12.8 Å². The molecular weight excluding hydrogens is 407 g/mol. The Bertz CT molecular complexity index is 1090. The highest BCUT2D eigenvalue weighted by Gasteiger charge is 2.25. The van der Waals surface area contributed by atoms with Gasteiger partial charge in [0.2, 0.25) is 0 Å². The number of carbonyl (C=O) groups excluding carboxylic acids is 1. The van der Waals surface area contributed by atoms with Gasteiger partial charge in [0.05, 0.1) is 23.6 Å². The summed E-state index contributed by atoms with van der Waals surface area (Å²) in [6.45, 7) is 0.325. The average molecular weight is 435 g/mol. The summed E-state index contributed by atoms with van der Waals surface area (Å²) in [5, 5.41) is 2.74. The van der Waals surface area contributed by atoms with Crippen LogP contribution in [-0.4, -0.2) is 29.1 Å². The van der Waals surface area contributed by atoms with Gasteiger partial charge in [-0.2, -0.15) is 0 Å². The Morgan fingerprint density at radius 3 is 2.78 bits per heavy atom. The fourth-order valence-corrected chi connectivity index (χ4v) is 4.17. The number of anilines is 1. The lowest BCUT2D eigenvalue weighted by molar-refractivity contribution is 0.0630. The Labute approximate surface area is 187 Å². The minimum absolute atomic E-state index is 0.0254. The molecule has 0 spiro atoms. The molecule has 0 radical (unpaired) electrons. The molecule has 4 rings (SSSR count). The molecule has 1 heterocycles. The van der Waals surface area contributed by atoms with Crippen molar-refractivity contribution in [2.24, 2.45) is 0 Å². The number of rotatable bonds is 6. The van der Waals surface area contributed by atoms with Gasteiger partial charge in [0.15, 0.2) is 0 Å². The molecule has 2 aromatic carbocycles. The number of benzene rings is 2. The normalized spacial score (nSPS) is 18.3. The van der Waals surface area contributed by atoms with Crippen LogP contribution < -0.4 is 11.1 Å². The summed E-state index contributed by atoms with van der Waals surface area (Å²) in [4.78, 5) is 21.5. The molecule has 32 heavy (non-hydrogen) atoms. The smallest absolute Gasteiger partial charge is 0.254 e. The molecule has 3 aromatic rings. The van der Waals surface area contributed by atoms with E-state index >= 15 is 0 Å². The maximum atomic E-state index is 14.8. The van der Waals surface area contributed by atoms with Gasteiger partial charge in [-0.25, -0.2) is 14.4 Å². The Morgan fingerprint density at radius 2 is 2.03 bits per heavy atom. The Kier molecular flexibility index (Phi) is 6.75. The molecular formula is C25H27FN4O2. The number of nitrogen functional groups attached to an aromatic ring is 1. The van der Waals surface area contributed by atoms with E-state index in [4.69, 9.17) is 15.5 Å². The largest absolute Gasteiger partial charge is 0.382 e. The highest BCUT2D eigenvalue weighted by molar-refractivity contribution is 5.95. The Morgan fingerprint density at radius 1 is 1.22 bits per heavy atom. The molecule has 0 saturated heterocycles. The van der Waals surface area contributed by atoms with Gasteiger partial charge in [-0.1, -0.05) is 42.8 Å². The summed E-state index contributed by atoms with van der Waals surface area (Å²) in [5.41, 5.74) is 8.74. The standard InChI is InChI=1S/C25H27FN4O2/c1-32-19-9-5-8-17(12-19)22-15-28-24(27)23(30-22)18-10-11-20(21(26)13-18)25(31)29-14-16-6-3-2-4-7-16/h2-4,6-7,10-11,13,15,17,19H,5,8-9,12,14H2,1H3,(H2,27,28)(H,29,31). The van der Waals surface area contributed by atoms with Crippen LogP contribution in [0, 0.1) is 5.82 Å². The minimum atomic E-state index is -0.628. The molecule has 2 unspecified atom stereocenters. The predicted octanol–water partition coefficient (Wildman–Crippen LogP) is 4.47. The molecule has 0 aliphatic heterocycles. The van der Waals surface area contributed by atoms with E-state index in [0.717, 1.165) is 36.9 Å². The third-order valence-electron chi connectivity index (χ3n) is 5.98. The topological polar surface area (TPSA) is 90.1 Å². The summed E-state index contributed by atoms with van der Waals surface area (Å²) in [5.74, 6) is -0.641. The van der Waals surface area contributed by atoms with Crippen molar-refractivity contribution >= 4 is 11.7 Å². The van der Waals surface area contributed by atoms with Crippen LogP contribution >= 0.6 is 0 Å². The van der Waals surface area contributed by atoms with Gasteiger partial charge >= 0.3 is 0 Å². The van der Waals surface area contributed by atoms with E-state index in [0.29, 0.717) is 17.8 Å². The number of hydrogen-bond acceptors (Lipinski definition) is 5. The van der Waals surface area contributed by atoms with Gasteiger partial charge < -0.3 is 15.8 Å². The average Bonchev–Trinajstić information content (AvgIpc) is 2.83. The number of nitrogens with two attached hydrogens (primary N) is 1. The van der Waals surface area contributed by atoms with Crippen molar-refractivity contribution in [3.05, 3.63) is 77.4 Å². The first-order valence-electron chi connectivity index (χ1n) is 10.8. The third-order valence-corrected chi connectivity index (χ3v) is 5.98. The van der Waals surface area contributed by atoms with Crippen LogP contribution in [0.15, 0.2) is 54.7 Å². The lowest BCUT2D eigenvalue weighted by Crippen LogP contribution is -2.23. The lowest BCUT2D eigenvalue weighted by atomic mass is 9.85. The van der Waals surface area contributed by atoms with Crippen molar-refractivity contribution in [1.29, 1.82) is 0 Å². The number of halogens is 1. The summed E-state index contributed by atoms with van der Waals surface area (Å²) in [6, 6.07) is 13.9. The first-order chi connectivity index (χ1) is 15.5. The van der Waals surface area contributed by atoms with Crippen LogP contribution in [0.1, 0.15) is 53.2 Å². The highest BCUT2D eigenvalue weighted by atomic mass is 19.1. The van der Waals surface area contributed by atoms with Gasteiger partial charge in [0, 0.05) is 25.1 Å². The van der Waals surface area contributed by atoms with Crippen LogP contribution in [0.2, 0.25) is 0 Å². The molecule has 1 aromatic heterocycles. The molecule has 1 fully saturated rings. The zero-order valence-corrected chi connectivity index (χ0v) is 18.1. The number of amides is 1. The van der Waals surface area contributed by atoms with Gasteiger partial charge in [-0.05, 0) is 37.0 Å². The van der Waals surface area contributed by atoms with Crippen LogP contribution in [0.4, 0.5) is 10.2 Å². The molecule has 1 amide bonds. The minimum Gasteiger partial charge on any atom is -0.382 e. The first kappa shape index (κ1) is 21.9. The van der Waals surface area contributed by atoms with Crippen molar-refractivity contribution in [1.82, 2.24) is 15.3 Å². The summed E-state index contributed by atoms with van der Waals surface area (Å²) in [7, 11) is 1.73. The summed E-state index contributed by atoms with van der Waals surface area (Å²) in [6.07, 6.45) is 5.90. The van der Waals surface area contributed by atoms with Crippen LogP contribution in [0.3, 0.4) is 0 Å². The van der Waals surface area contributed by atoms with E-state index in [1.165, 1.54) is 12.1 Å². The van der Waals surface area contributed by atoms with E-state index in [1.807, 2.05) is 30.3 Å². The molecule has 1 aliphatic carbocycles. The summed E-state index contributed by atoms with van der Waals surface area (Å²) >= 11 is 0. The number of nitrogens with zero attached hydrogens (tertiary/aromatic N) is 2. The molecule has 1 saturated carbocycles. The fraction of sp³-hybridized carbons (Fsp3) is 0.320. The monoisotopic (exact) mass is 434 g/mol. The number of aromatic nitrogens is 2. The van der Waals surface area contributed by atoms with E-state index in [2.05, 4.69) is 10.3 Å².